The average Bonchev–Trinajstić information content (AvgIpc) is 2.62. The Hall–Kier alpha value is -2.65. The van der Waals surface area contributed by atoms with Crippen molar-refractivity contribution < 1.29 is 9.90 Å². The summed E-state index contributed by atoms with van der Waals surface area (Å²) in [5.74, 6) is -0.310. The molecule has 0 bridgehead atoms. The zero-order valence-electron chi connectivity index (χ0n) is 13.9. The number of aliphatic hydroxyl groups is 1. The van der Waals surface area contributed by atoms with Crippen molar-refractivity contribution in [3.05, 3.63) is 77.4 Å². The maximum absolute atomic E-state index is 12.6. The minimum absolute atomic E-state index is 0.0383. The zero-order valence-corrected chi connectivity index (χ0v) is 13.9. The number of nitrogens with one attached hydrogen (secondary N) is 1. The lowest BCUT2D eigenvalue weighted by Crippen LogP contribution is -2.19. The Morgan fingerprint density at radius 3 is 2.54 bits per heavy atom. The molecule has 0 saturated carbocycles. The molecule has 3 heteroatoms. The van der Waals surface area contributed by atoms with Crippen LogP contribution in [0.5, 0.6) is 0 Å². The molecule has 0 aromatic heterocycles. The molecule has 3 rings (SSSR count). The van der Waals surface area contributed by atoms with Crippen LogP contribution in [0.4, 0.5) is 5.69 Å². The molecule has 3 aromatic carbocycles. The highest BCUT2D eigenvalue weighted by molar-refractivity contribution is 5.97. The molecule has 1 amide bonds. The van der Waals surface area contributed by atoms with Crippen molar-refractivity contribution in [1.29, 1.82) is 0 Å². The molecule has 0 fully saturated rings. The van der Waals surface area contributed by atoms with Gasteiger partial charge in [-0.05, 0) is 47.4 Å². The van der Waals surface area contributed by atoms with E-state index in [-0.39, 0.29) is 18.4 Å². The Morgan fingerprint density at radius 1 is 1.04 bits per heavy atom. The van der Waals surface area contributed by atoms with Crippen LogP contribution in [0.25, 0.3) is 10.8 Å². The summed E-state index contributed by atoms with van der Waals surface area (Å²) in [6.07, 6.45) is 0. The number of fused-ring (bicyclic) bond motifs is 1. The van der Waals surface area contributed by atoms with Crippen molar-refractivity contribution >= 4 is 22.4 Å². The summed E-state index contributed by atoms with van der Waals surface area (Å²) in [5.41, 5.74) is 3.50. The number of aryl methyl sites for hydroxylation is 1. The van der Waals surface area contributed by atoms with E-state index in [2.05, 4.69) is 23.5 Å². The number of amides is 1. The second kappa shape index (κ2) is 6.85. The number of hydrogen-bond acceptors (Lipinski definition) is 2. The molecule has 1 atom stereocenters. The van der Waals surface area contributed by atoms with Gasteiger partial charge in [-0.25, -0.2) is 0 Å². The predicted octanol–water partition coefficient (Wildman–Crippen LogP) is 4.38. The summed E-state index contributed by atoms with van der Waals surface area (Å²) in [4.78, 5) is 12.6. The minimum atomic E-state index is -0.258. The van der Waals surface area contributed by atoms with E-state index in [1.807, 2.05) is 56.3 Å². The van der Waals surface area contributed by atoms with Crippen molar-refractivity contribution in [2.24, 2.45) is 0 Å². The van der Waals surface area contributed by atoms with Crippen molar-refractivity contribution in [2.75, 3.05) is 5.32 Å². The lowest BCUT2D eigenvalue weighted by molar-refractivity contribution is -0.117. The minimum Gasteiger partial charge on any atom is -0.392 e. The molecule has 0 saturated heterocycles. The van der Waals surface area contributed by atoms with Crippen molar-refractivity contribution in [1.82, 2.24) is 0 Å². The highest BCUT2D eigenvalue weighted by Crippen LogP contribution is 2.24. The third-order valence-corrected chi connectivity index (χ3v) is 4.41. The SMILES string of the molecule is Cc1ccc(CO)cc1NC(=O)C(C)c1ccc2ccccc2c1. The summed E-state index contributed by atoms with van der Waals surface area (Å²) in [6, 6.07) is 19.8. The Morgan fingerprint density at radius 2 is 1.79 bits per heavy atom. The number of benzene rings is 3. The van der Waals surface area contributed by atoms with Crippen LogP contribution in [-0.4, -0.2) is 11.0 Å². The molecular formula is C21H21NO2. The average molecular weight is 319 g/mol. The normalized spacial score (nSPS) is 12.1. The van der Waals surface area contributed by atoms with E-state index in [9.17, 15) is 9.90 Å². The van der Waals surface area contributed by atoms with Gasteiger partial charge in [0.1, 0.15) is 0 Å². The number of aliphatic hydroxyl groups excluding tert-OH is 1. The molecule has 0 radical (unpaired) electrons. The van der Waals surface area contributed by atoms with Crippen LogP contribution in [0.2, 0.25) is 0 Å². The van der Waals surface area contributed by atoms with E-state index in [4.69, 9.17) is 0 Å². The van der Waals surface area contributed by atoms with Crippen LogP contribution in [0, 0.1) is 6.92 Å². The highest BCUT2D eigenvalue weighted by atomic mass is 16.3. The Labute approximate surface area is 142 Å². The fourth-order valence-corrected chi connectivity index (χ4v) is 2.77. The standard InChI is InChI=1S/C21H21NO2/c1-14-7-8-16(13-23)11-20(14)22-21(24)15(2)18-10-9-17-5-3-4-6-19(17)12-18/h3-12,15,23H,13H2,1-2H3,(H,22,24). The van der Waals surface area contributed by atoms with Crippen LogP contribution in [0.3, 0.4) is 0 Å². The molecule has 1 unspecified atom stereocenters. The maximum atomic E-state index is 12.6. The number of carbonyl (C=O) groups is 1. The third kappa shape index (κ3) is 3.31. The molecule has 0 aliphatic rings. The molecule has 24 heavy (non-hydrogen) atoms. The number of carbonyl (C=O) groups excluding carboxylic acids is 1. The van der Waals surface area contributed by atoms with Gasteiger partial charge >= 0.3 is 0 Å². The van der Waals surface area contributed by atoms with Gasteiger partial charge in [0, 0.05) is 5.69 Å². The van der Waals surface area contributed by atoms with Crippen molar-refractivity contribution in [3.8, 4) is 0 Å². The monoisotopic (exact) mass is 319 g/mol. The van der Waals surface area contributed by atoms with E-state index in [0.717, 1.165) is 27.8 Å². The second-order valence-corrected chi connectivity index (χ2v) is 6.12. The summed E-state index contributed by atoms with van der Waals surface area (Å²) in [7, 11) is 0. The van der Waals surface area contributed by atoms with E-state index in [0.29, 0.717) is 0 Å². The van der Waals surface area contributed by atoms with Crippen LogP contribution >= 0.6 is 0 Å². The number of anilines is 1. The fraction of sp³-hybridized carbons (Fsp3) is 0.190. The second-order valence-electron chi connectivity index (χ2n) is 6.12. The summed E-state index contributed by atoms with van der Waals surface area (Å²) < 4.78 is 0. The molecule has 0 spiro atoms. The van der Waals surface area contributed by atoms with Gasteiger partial charge in [0.2, 0.25) is 5.91 Å². The van der Waals surface area contributed by atoms with Gasteiger partial charge in [0.05, 0.1) is 12.5 Å². The van der Waals surface area contributed by atoms with E-state index in [1.165, 1.54) is 5.39 Å². The number of hydrogen-bond donors (Lipinski definition) is 2. The Bertz CT molecular complexity index is 886. The Balaban J connectivity index is 1.83. The smallest absolute Gasteiger partial charge is 0.231 e. The number of rotatable bonds is 4. The van der Waals surface area contributed by atoms with E-state index >= 15 is 0 Å². The zero-order chi connectivity index (χ0) is 17.1. The first-order chi connectivity index (χ1) is 11.6. The molecule has 3 nitrogen and oxygen atoms in total. The molecule has 3 aromatic rings. The first-order valence-corrected chi connectivity index (χ1v) is 8.08. The summed E-state index contributed by atoms with van der Waals surface area (Å²) in [6.45, 7) is 3.81. The quantitative estimate of drug-likeness (QED) is 0.749. The maximum Gasteiger partial charge on any atom is 0.231 e. The fourth-order valence-electron chi connectivity index (χ4n) is 2.77. The molecule has 0 heterocycles. The van der Waals surface area contributed by atoms with Gasteiger partial charge in [-0.2, -0.15) is 0 Å². The van der Waals surface area contributed by atoms with Gasteiger partial charge in [-0.15, -0.1) is 0 Å². The van der Waals surface area contributed by atoms with E-state index < -0.39 is 0 Å². The molecule has 0 aliphatic carbocycles. The van der Waals surface area contributed by atoms with Crippen LogP contribution in [0.1, 0.15) is 29.5 Å². The topological polar surface area (TPSA) is 49.3 Å². The first-order valence-electron chi connectivity index (χ1n) is 8.08. The highest BCUT2D eigenvalue weighted by Gasteiger charge is 2.16. The molecule has 122 valence electrons. The lowest BCUT2D eigenvalue weighted by Gasteiger charge is -2.15. The van der Waals surface area contributed by atoms with Crippen LogP contribution in [0.15, 0.2) is 60.7 Å². The van der Waals surface area contributed by atoms with Gasteiger partial charge in [0.15, 0.2) is 0 Å². The van der Waals surface area contributed by atoms with Gasteiger partial charge in [0.25, 0.3) is 0 Å². The first kappa shape index (κ1) is 16.2. The summed E-state index contributed by atoms with van der Waals surface area (Å²) in [5, 5.41) is 14.5. The third-order valence-electron chi connectivity index (χ3n) is 4.41. The van der Waals surface area contributed by atoms with Crippen molar-refractivity contribution in [2.45, 2.75) is 26.4 Å². The van der Waals surface area contributed by atoms with Crippen LogP contribution < -0.4 is 5.32 Å². The van der Waals surface area contributed by atoms with Crippen LogP contribution in [-0.2, 0) is 11.4 Å². The molecule has 2 N–H and O–H groups in total. The Kier molecular flexibility index (Phi) is 4.63. The van der Waals surface area contributed by atoms with Gasteiger partial charge < -0.3 is 10.4 Å². The molecule has 0 aliphatic heterocycles. The molecular weight excluding hydrogens is 298 g/mol. The van der Waals surface area contributed by atoms with Gasteiger partial charge in [-0.1, -0.05) is 54.6 Å². The lowest BCUT2D eigenvalue weighted by atomic mass is 9.97. The predicted molar refractivity (Wildman–Crippen MR) is 98.1 cm³/mol. The summed E-state index contributed by atoms with van der Waals surface area (Å²) >= 11 is 0. The van der Waals surface area contributed by atoms with Crippen molar-refractivity contribution in [3.63, 3.8) is 0 Å². The largest absolute Gasteiger partial charge is 0.392 e. The van der Waals surface area contributed by atoms with Gasteiger partial charge in [-0.3, -0.25) is 4.79 Å². The van der Waals surface area contributed by atoms with E-state index in [1.54, 1.807) is 0 Å².